The summed E-state index contributed by atoms with van der Waals surface area (Å²) in [5, 5.41) is 4.24. The van der Waals surface area contributed by atoms with Gasteiger partial charge in [-0.1, -0.05) is 12.1 Å². The Labute approximate surface area is 139 Å². The third-order valence-electron chi connectivity index (χ3n) is 4.30. The number of benzene rings is 1. The van der Waals surface area contributed by atoms with Crippen molar-refractivity contribution in [2.45, 2.75) is 18.4 Å². The number of hydrogen-bond acceptors (Lipinski definition) is 5. The molecule has 0 bridgehead atoms. The molecule has 1 aromatic carbocycles. The van der Waals surface area contributed by atoms with E-state index < -0.39 is 10.0 Å². The number of likely N-dealkylation sites (tertiary alicyclic amines) is 1. The van der Waals surface area contributed by atoms with Gasteiger partial charge in [-0.05, 0) is 25.1 Å². The number of fused-ring (bicyclic) bond motifs is 1. The van der Waals surface area contributed by atoms with Gasteiger partial charge in [0.05, 0.1) is 12.2 Å². The molecular weight excluding hydrogens is 328 g/mol. The molecule has 1 aromatic heterocycles. The van der Waals surface area contributed by atoms with Gasteiger partial charge in [0.25, 0.3) is 15.6 Å². The number of aromatic nitrogens is 2. The maximum Gasteiger partial charge on any atom is 0.285 e. The van der Waals surface area contributed by atoms with Crippen LogP contribution in [0.25, 0.3) is 0 Å². The topological polar surface area (TPSA) is 84.6 Å². The Morgan fingerprint density at radius 2 is 1.92 bits per heavy atom. The molecule has 1 saturated heterocycles. The fourth-order valence-corrected chi connectivity index (χ4v) is 4.33. The summed E-state index contributed by atoms with van der Waals surface area (Å²) in [6.07, 6.45) is 0. The molecule has 0 saturated carbocycles. The molecule has 0 N–H and O–H groups in total. The van der Waals surface area contributed by atoms with Crippen molar-refractivity contribution in [3.05, 3.63) is 58.0 Å². The van der Waals surface area contributed by atoms with Crippen LogP contribution in [0.4, 0.5) is 0 Å². The van der Waals surface area contributed by atoms with Crippen molar-refractivity contribution in [2.24, 2.45) is 10.3 Å². The van der Waals surface area contributed by atoms with Crippen molar-refractivity contribution in [3.63, 3.8) is 0 Å². The smallest absolute Gasteiger partial charge is 0.285 e. The summed E-state index contributed by atoms with van der Waals surface area (Å²) in [4.78, 5) is 14.0. The first-order valence-electron chi connectivity index (χ1n) is 7.68. The van der Waals surface area contributed by atoms with E-state index in [4.69, 9.17) is 0 Å². The van der Waals surface area contributed by atoms with E-state index in [1.165, 1.54) is 10.7 Å². The van der Waals surface area contributed by atoms with E-state index in [0.717, 1.165) is 5.69 Å². The first kappa shape index (κ1) is 15.1. The average Bonchev–Trinajstić information content (AvgIpc) is 2.78. The summed E-state index contributed by atoms with van der Waals surface area (Å²) in [6, 6.07) is 10.1. The van der Waals surface area contributed by atoms with Gasteiger partial charge < -0.3 is 4.90 Å². The second kappa shape index (κ2) is 5.27. The number of nitrogens with zero attached hydrogens (tertiary/aromatic N) is 4. The zero-order valence-corrected chi connectivity index (χ0v) is 13.9. The molecule has 2 aromatic rings. The maximum atomic E-state index is 12.1. The average molecular weight is 344 g/mol. The lowest BCUT2D eigenvalue weighted by Gasteiger charge is -2.40. The lowest BCUT2D eigenvalue weighted by molar-refractivity contribution is 0.161. The minimum absolute atomic E-state index is 0.120. The highest BCUT2D eigenvalue weighted by atomic mass is 32.2. The molecule has 124 valence electrons. The van der Waals surface area contributed by atoms with Gasteiger partial charge in [0.15, 0.2) is 5.84 Å². The van der Waals surface area contributed by atoms with Crippen LogP contribution in [0.2, 0.25) is 0 Å². The highest BCUT2D eigenvalue weighted by molar-refractivity contribution is 7.90. The molecule has 0 radical (unpaired) electrons. The van der Waals surface area contributed by atoms with Crippen molar-refractivity contribution < 1.29 is 8.42 Å². The van der Waals surface area contributed by atoms with Gasteiger partial charge in [-0.15, -0.1) is 4.40 Å². The minimum atomic E-state index is -3.59. The van der Waals surface area contributed by atoms with Gasteiger partial charge in [0, 0.05) is 30.6 Å². The quantitative estimate of drug-likeness (QED) is 0.798. The van der Waals surface area contributed by atoms with Crippen LogP contribution in [0.15, 0.2) is 50.5 Å². The molecule has 3 heterocycles. The summed E-state index contributed by atoms with van der Waals surface area (Å²) in [5.41, 5.74) is 1.33. The van der Waals surface area contributed by atoms with Crippen molar-refractivity contribution in [3.8, 4) is 0 Å². The summed E-state index contributed by atoms with van der Waals surface area (Å²) in [6.45, 7) is 3.69. The SMILES string of the molecule is Cc1ccc(=O)n(CC2CN(C3=NS(=O)(=O)c4ccccc43)C2)n1. The third-order valence-corrected chi connectivity index (χ3v) is 5.63. The van der Waals surface area contributed by atoms with E-state index in [1.807, 2.05) is 17.9 Å². The molecule has 0 amide bonds. The second-order valence-electron chi connectivity index (χ2n) is 6.15. The van der Waals surface area contributed by atoms with Crippen LogP contribution in [0.5, 0.6) is 0 Å². The summed E-state index contributed by atoms with van der Waals surface area (Å²) >= 11 is 0. The standard InChI is InChI=1S/C16H16N4O3S/c1-11-6-7-15(21)20(17-11)10-12-8-19(9-12)16-13-4-2-3-5-14(13)24(22,23)18-16/h2-7,12H,8-10H2,1H3. The van der Waals surface area contributed by atoms with Gasteiger partial charge in [-0.3, -0.25) is 4.79 Å². The van der Waals surface area contributed by atoms with Crippen molar-refractivity contribution in [1.82, 2.24) is 14.7 Å². The van der Waals surface area contributed by atoms with Crippen LogP contribution in [0.1, 0.15) is 11.3 Å². The Balaban J connectivity index is 1.51. The molecule has 2 aliphatic heterocycles. The molecule has 0 spiro atoms. The van der Waals surface area contributed by atoms with Crippen LogP contribution in [0, 0.1) is 12.8 Å². The van der Waals surface area contributed by atoms with Crippen LogP contribution >= 0.6 is 0 Å². The third kappa shape index (κ3) is 2.43. The predicted octanol–water partition coefficient (Wildman–Crippen LogP) is 0.633. The zero-order chi connectivity index (χ0) is 16.9. The van der Waals surface area contributed by atoms with E-state index in [9.17, 15) is 13.2 Å². The van der Waals surface area contributed by atoms with Crippen LogP contribution < -0.4 is 5.56 Å². The van der Waals surface area contributed by atoms with Crippen LogP contribution in [0.3, 0.4) is 0 Å². The molecule has 0 atom stereocenters. The predicted molar refractivity (Wildman–Crippen MR) is 88.5 cm³/mol. The molecule has 0 unspecified atom stereocenters. The van der Waals surface area contributed by atoms with Gasteiger partial charge in [0.1, 0.15) is 4.90 Å². The maximum absolute atomic E-state index is 12.1. The van der Waals surface area contributed by atoms with E-state index >= 15 is 0 Å². The largest absolute Gasteiger partial charge is 0.355 e. The molecule has 8 heteroatoms. The van der Waals surface area contributed by atoms with Crippen molar-refractivity contribution >= 4 is 15.9 Å². The number of sulfonamides is 1. The molecule has 7 nitrogen and oxygen atoms in total. The Kier molecular flexibility index (Phi) is 3.31. The molecule has 4 rings (SSSR count). The fourth-order valence-electron chi connectivity index (χ4n) is 3.10. The Hall–Kier alpha value is -2.48. The van der Waals surface area contributed by atoms with Crippen LogP contribution in [-0.4, -0.2) is 42.0 Å². The van der Waals surface area contributed by atoms with Crippen LogP contribution in [-0.2, 0) is 16.6 Å². The zero-order valence-electron chi connectivity index (χ0n) is 13.1. The number of aryl methyl sites for hydroxylation is 1. The van der Waals surface area contributed by atoms with E-state index in [0.29, 0.717) is 31.0 Å². The summed E-state index contributed by atoms with van der Waals surface area (Å²) < 4.78 is 29.6. The lowest BCUT2D eigenvalue weighted by atomic mass is 9.98. The van der Waals surface area contributed by atoms with E-state index in [1.54, 1.807) is 24.3 Å². The number of rotatable bonds is 2. The molecule has 2 aliphatic rings. The van der Waals surface area contributed by atoms with Gasteiger partial charge >= 0.3 is 0 Å². The van der Waals surface area contributed by atoms with Crippen molar-refractivity contribution in [2.75, 3.05) is 13.1 Å². The van der Waals surface area contributed by atoms with Gasteiger partial charge in [0.2, 0.25) is 0 Å². The second-order valence-corrected chi connectivity index (χ2v) is 7.72. The Bertz CT molecular complexity index is 1000. The normalized spacial score (nSPS) is 18.9. The minimum Gasteiger partial charge on any atom is -0.355 e. The highest BCUT2D eigenvalue weighted by Gasteiger charge is 2.37. The highest BCUT2D eigenvalue weighted by Crippen LogP contribution is 2.30. The summed E-state index contributed by atoms with van der Waals surface area (Å²) in [5.74, 6) is 0.751. The van der Waals surface area contributed by atoms with E-state index in [-0.39, 0.29) is 16.4 Å². The first-order chi connectivity index (χ1) is 11.4. The number of amidine groups is 1. The summed E-state index contributed by atoms with van der Waals surface area (Å²) in [7, 11) is -3.59. The lowest BCUT2D eigenvalue weighted by Crippen LogP contribution is -2.52. The number of hydrogen-bond donors (Lipinski definition) is 0. The molecule has 24 heavy (non-hydrogen) atoms. The first-order valence-corrected chi connectivity index (χ1v) is 9.12. The Morgan fingerprint density at radius 1 is 1.17 bits per heavy atom. The van der Waals surface area contributed by atoms with Crippen molar-refractivity contribution in [1.29, 1.82) is 0 Å². The van der Waals surface area contributed by atoms with Gasteiger partial charge in [-0.25, -0.2) is 4.68 Å². The Morgan fingerprint density at radius 3 is 2.71 bits per heavy atom. The van der Waals surface area contributed by atoms with E-state index in [2.05, 4.69) is 9.50 Å². The monoisotopic (exact) mass is 344 g/mol. The molecular formula is C16H16N4O3S. The molecule has 0 aliphatic carbocycles. The fraction of sp³-hybridized carbons (Fsp3) is 0.312. The molecule has 1 fully saturated rings. The van der Waals surface area contributed by atoms with Gasteiger partial charge in [-0.2, -0.15) is 13.5 Å².